The van der Waals surface area contributed by atoms with E-state index >= 15 is 0 Å². The number of aromatic nitrogens is 1. The molecule has 7 heteroatoms. The van der Waals surface area contributed by atoms with Crippen molar-refractivity contribution in [3.05, 3.63) is 78.4 Å². The molecule has 3 unspecified atom stereocenters. The van der Waals surface area contributed by atoms with Gasteiger partial charge in [-0.25, -0.2) is 4.39 Å². The highest BCUT2D eigenvalue weighted by Gasteiger charge is 2.45. The summed E-state index contributed by atoms with van der Waals surface area (Å²) < 4.78 is 13.2. The molecule has 2 fully saturated rings. The van der Waals surface area contributed by atoms with Gasteiger partial charge in [0.25, 0.3) is 5.91 Å². The molecule has 2 aliphatic rings. The van der Waals surface area contributed by atoms with Crippen molar-refractivity contribution in [2.75, 3.05) is 6.54 Å². The number of likely N-dealkylation sites (tertiary alicyclic amines) is 1. The molecule has 1 aromatic heterocycles. The van der Waals surface area contributed by atoms with E-state index < -0.39 is 0 Å². The van der Waals surface area contributed by atoms with Gasteiger partial charge in [-0.15, -0.1) is 0 Å². The van der Waals surface area contributed by atoms with E-state index in [1.165, 1.54) is 23.9 Å². The molecule has 3 atom stereocenters. The summed E-state index contributed by atoms with van der Waals surface area (Å²) in [4.78, 5) is 20.7. The van der Waals surface area contributed by atoms with Crippen LogP contribution in [0.3, 0.4) is 0 Å². The van der Waals surface area contributed by atoms with E-state index in [4.69, 9.17) is 0 Å². The normalized spacial score (nSPS) is 21.4. The van der Waals surface area contributed by atoms with Gasteiger partial charge in [0.15, 0.2) is 6.19 Å². The van der Waals surface area contributed by atoms with Crippen LogP contribution in [0, 0.1) is 23.2 Å². The number of benzene rings is 2. The van der Waals surface area contributed by atoms with Crippen LogP contribution in [-0.4, -0.2) is 34.4 Å². The standard InChI is InChI=1S/C25H21FN4OS/c26-19-5-7-20(8-6-19)32-24-13-28-10-9-21(24)17-1-3-18(4-2-17)25(31)29-22-11-16-12-23(22)30(14-16)15-27/h1-10,13,16,22-23H,11-12,14H2,(H,29,31). The van der Waals surface area contributed by atoms with Gasteiger partial charge in [0.05, 0.1) is 12.1 Å². The first-order chi connectivity index (χ1) is 15.6. The van der Waals surface area contributed by atoms with Gasteiger partial charge >= 0.3 is 0 Å². The molecule has 1 amide bonds. The highest BCUT2D eigenvalue weighted by Crippen LogP contribution is 2.38. The zero-order chi connectivity index (χ0) is 22.1. The molecule has 1 N–H and O–H groups in total. The van der Waals surface area contributed by atoms with Crippen molar-refractivity contribution < 1.29 is 9.18 Å². The SMILES string of the molecule is N#CN1CC2CC(NC(=O)c3ccc(-c4ccncc4Sc4ccc(F)cc4)cc3)C1C2. The van der Waals surface area contributed by atoms with Crippen molar-refractivity contribution in [2.45, 2.75) is 34.7 Å². The fourth-order valence-corrected chi connectivity index (χ4v) is 5.61. The van der Waals surface area contributed by atoms with Crippen LogP contribution in [0.1, 0.15) is 23.2 Å². The summed E-state index contributed by atoms with van der Waals surface area (Å²) in [5.74, 6) is 0.124. The zero-order valence-electron chi connectivity index (χ0n) is 17.2. The molecule has 160 valence electrons. The molecule has 5 rings (SSSR count). The second-order valence-corrected chi connectivity index (χ2v) is 9.36. The van der Waals surface area contributed by atoms with E-state index in [1.54, 1.807) is 29.4 Å². The summed E-state index contributed by atoms with van der Waals surface area (Å²) in [7, 11) is 0. The lowest BCUT2D eigenvalue weighted by Gasteiger charge is -2.29. The topological polar surface area (TPSA) is 69.0 Å². The fourth-order valence-electron chi connectivity index (χ4n) is 4.68. The molecule has 2 bridgehead atoms. The maximum Gasteiger partial charge on any atom is 0.251 e. The minimum atomic E-state index is -0.264. The summed E-state index contributed by atoms with van der Waals surface area (Å²) in [6.45, 7) is 0.812. The molecular formula is C25H21FN4OS. The number of nitriles is 1. The van der Waals surface area contributed by atoms with E-state index in [0.29, 0.717) is 11.5 Å². The second-order valence-electron chi connectivity index (χ2n) is 8.24. The van der Waals surface area contributed by atoms with Crippen LogP contribution in [-0.2, 0) is 0 Å². The van der Waals surface area contributed by atoms with Crippen LogP contribution in [0.2, 0.25) is 0 Å². The summed E-state index contributed by atoms with van der Waals surface area (Å²) in [5, 5.41) is 12.4. The van der Waals surface area contributed by atoms with Crippen molar-refractivity contribution in [3.63, 3.8) is 0 Å². The first kappa shape index (κ1) is 20.5. The number of fused-ring (bicyclic) bond motifs is 2. The number of carbonyl (C=O) groups is 1. The molecular weight excluding hydrogens is 423 g/mol. The number of carbonyl (C=O) groups excluding carboxylic acids is 1. The molecule has 1 aliphatic heterocycles. The van der Waals surface area contributed by atoms with Crippen LogP contribution in [0.5, 0.6) is 0 Å². The van der Waals surface area contributed by atoms with Crippen LogP contribution in [0.25, 0.3) is 11.1 Å². The van der Waals surface area contributed by atoms with E-state index in [9.17, 15) is 14.4 Å². The monoisotopic (exact) mass is 444 g/mol. The molecule has 1 saturated carbocycles. The van der Waals surface area contributed by atoms with Crippen LogP contribution in [0.15, 0.2) is 76.8 Å². The van der Waals surface area contributed by atoms with Gasteiger partial charge in [-0.3, -0.25) is 9.78 Å². The van der Waals surface area contributed by atoms with E-state index in [2.05, 4.69) is 16.5 Å². The Labute approximate surface area is 190 Å². The summed E-state index contributed by atoms with van der Waals surface area (Å²) in [6.07, 6.45) is 7.69. The number of pyridine rings is 1. The lowest BCUT2D eigenvalue weighted by atomic mass is 10.0. The average Bonchev–Trinajstić information content (AvgIpc) is 3.41. The number of nitrogens with one attached hydrogen (secondary N) is 1. The van der Waals surface area contributed by atoms with Gasteiger partial charge in [0, 0.05) is 34.3 Å². The van der Waals surface area contributed by atoms with Crippen LogP contribution < -0.4 is 5.32 Å². The Balaban J connectivity index is 1.30. The molecule has 1 saturated heterocycles. The Bertz CT molecular complexity index is 1180. The highest BCUT2D eigenvalue weighted by atomic mass is 32.2. The first-order valence-electron chi connectivity index (χ1n) is 10.6. The van der Waals surface area contributed by atoms with Gasteiger partial charge in [0.2, 0.25) is 0 Å². The number of amides is 1. The maximum atomic E-state index is 13.2. The molecule has 32 heavy (non-hydrogen) atoms. The third-order valence-corrected chi connectivity index (χ3v) is 7.26. The predicted molar refractivity (Wildman–Crippen MR) is 120 cm³/mol. The molecule has 0 radical (unpaired) electrons. The van der Waals surface area contributed by atoms with Crippen molar-refractivity contribution >= 4 is 17.7 Å². The molecule has 0 spiro atoms. The quantitative estimate of drug-likeness (QED) is 0.577. The lowest BCUT2D eigenvalue weighted by Crippen LogP contribution is -2.48. The van der Waals surface area contributed by atoms with Gasteiger partial charge in [-0.05, 0) is 72.4 Å². The Morgan fingerprint density at radius 2 is 1.91 bits per heavy atom. The van der Waals surface area contributed by atoms with Crippen molar-refractivity contribution in [1.82, 2.24) is 15.2 Å². The third-order valence-electron chi connectivity index (χ3n) is 6.21. The van der Waals surface area contributed by atoms with Gasteiger partial charge in [-0.1, -0.05) is 23.9 Å². The minimum Gasteiger partial charge on any atom is -0.347 e. The first-order valence-corrected chi connectivity index (χ1v) is 11.4. The summed E-state index contributed by atoms with van der Waals surface area (Å²) in [5.41, 5.74) is 2.57. The van der Waals surface area contributed by atoms with Gasteiger partial charge in [-0.2, -0.15) is 5.26 Å². The number of halogens is 1. The smallest absolute Gasteiger partial charge is 0.251 e. The number of piperidine rings is 1. The molecule has 3 aromatic rings. The molecule has 2 heterocycles. The number of nitrogens with zero attached hydrogens (tertiary/aromatic N) is 3. The van der Waals surface area contributed by atoms with E-state index in [1.807, 2.05) is 30.3 Å². The fraction of sp³-hybridized carbons (Fsp3) is 0.240. The average molecular weight is 445 g/mol. The van der Waals surface area contributed by atoms with Crippen LogP contribution in [0.4, 0.5) is 4.39 Å². The largest absolute Gasteiger partial charge is 0.347 e. The lowest BCUT2D eigenvalue weighted by molar-refractivity contribution is 0.0912. The zero-order valence-corrected chi connectivity index (χ0v) is 18.1. The minimum absolute atomic E-state index is 0.0273. The second kappa shape index (κ2) is 8.64. The van der Waals surface area contributed by atoms with E-state index in [-0.39, 0.29) is 23.8 Å². The van der Waals surface area contributed by atoms with Crippen LogP contribution >= 0.6 is 11.8 Å². The maximum absolute atomic E-state index is 13.2. The summed E-state index contributed by atoms with van der Waals surface area (Å²) in [6, 6.07) is 16.0. The Hall–Kier alpha value is -3.37. The van der Waals surface area contributed by atoms with Gasteiger partial charge < -0.3 is 10.2 Å². The number of rotatable bonds is 5. The third kappa shape index (κ3) is 4.06. The Kier molecular flexibility index (Phi) is 5.54. The highest BCUT2D eigenvalue weighted by molar-refractivity contribution is 7.99. The number of hydrogen-bond donors (Lipinski definition) is 1. The van der Waals surface area contributed by atoms with Crippen molar-refractivity contribution in [2.24, 2.45) is 5.92 Å². The van der Waals surface area contributed by atoms with Crippen molar-refractivity contribution in [1.29, 1.82) is 5.26 Å². The number of hydrogen-bond acceptors (Lipinski definition) is 5. The molecule has 2 aromatic carbocycles. The summed E-state index contributed by atoms with van der Waals surface area (Å²) >= 11 is 1.52. The van der Waals surface area contributed by atoms with Gasteiger partial charge in [0.1, 0.15) is 5.82 Å². The van der Waals surface area contributed by atoms with Crippen molar-refractivity contribution in [3.8, 4) is 17.3 Å². The molecule has 5 nitrogen and oxygen atoms in total. The Morgan fingerprint density at radius 1 is 1.12 bits per heavy atom. The predicted octanol–water partition coefficient (Wildman–Crippen LogP) is 4.71. The Morgan fingerprint density at radius 3 is 2.62 bits per heavy atom. The van der Waals surface area contributed by atoms with E-state index in [0.717, 1.165) is 40.3 Å². The molecule has 1 aliphatic carbocycles.